The first kappa shape index (κ1) is 19.6. The molecule has 0 saturated heterocycles. The standard InChI is InChI=1S/C26H23N5O2/c1-31-23-10-15(6-7-16(23)13-28-31)12-27-14-22-24(19-4-2-3-5-21(19)29-22)25-20-11-17(32)8-9-18(20)26(33)30-25/h2-11,13,25,27,29,32H,12,14H2,1H3,(H,30,33). The minimum Gasteiger partial charge on any atom is -0.508 e. The molecule has 7 heteroatoms. The summed E-state index contributed by atoms with van der Waals surface area (Å²) in [6.45, 7) is 1.30. The number of amides is 1. The van der Waals surface area contributed by atoms with Gasteiger partial charge in [-0.2, -0.15) is 5.10 Å². The van der Waals surface area contributed by atoms with Crippen LogP contribution in [-0.2, 0) is 20.1 Å². The highest BCUT2D eigenvalue weighted by Crippen LogP contribution is 2.38. The first-order valence-electron chi connectivity index (χ1n) is 10.9. The molecule has 5 aromatic rings. The monoisotopic (exact) mass is 437 g/mol. The lowest BCUT2D eigenvalue weighted by molar-refractivity contribution is 0.0960. The molecule has 3 aromatic carbocycles. The quantitative estimate of drug-likeness (QED) is 0.336. The largest absolute Gasteiger partial charge is 0.508 e. The zero-order valence-corrected chi connectivity index (χ0v) is 18.1. The molecule has 0 saturated carbocycles. The Morgan fingerprint density at radius 1 is 1.09 bits per heavy atom. The molecule has 1 unspecified atom stereocenters. The van der Waals surface area contributed by atoms with Crippen LogP contribution in [0.5, 0.6) is 5.75 Å². The van der Waals surface area contributed by atoms with Crippen molar-refractivity contribution in [2.24, 2.45) is 7.05 Å². The smallest absolute Gasteiger partial charge is 0.252 e. The number of hydrogen-bond donors (Lipinski definition) is 4. The summed E-state index contributed by atoms with van der Waals surface area (Å²) in [7, 11) is 1.95. The molecule has 4 N–H and O–H groups in total. The third kappa shape index (κ3) is 3.25. The van der Waals surface area contributed by atoms with Gasteiger partial charge in [0.05, 0.1) is 17.8 Å². The Morgan fingerprint density at radius 2 is 1.97 bits per heavy atom. The van der Waals surface area contributed by atoms with E-state index in [1.807, 2.05) is 36.1 Å². The summed E-state index contributed by atoms with van der Waals surface area (Å²) < 4.78 is 1.88. The van der Waals surface area contributed by atoms with Crippen molar-refractivity contribution in [1.82, 2.24) is 25.4 Å². The summed E-state index contributed by atoms with van der Waals surface area (Å²) in [6, 6.07) is 19.0. The Labute approximate surface area is 190 Å². The zero-order chi connectivity index (χ0) is 22.5. The number of nitrogens with one attached hydrogen (secondary N) is 3. The summed E-state index contributed by atoms with van der Waals surface area (Å²) in [5.74, 6) is 0.0315. The third-order valence-corrected chi connectivity index (χ3v) is 6.43. The molecule has 6 rings (SSSR count). The fraction of sp³-hybridized carbons (Fsp3) is 0.154. The zero-order valence-electron chi connectivity index (χ0n) is 18.1. The summed E-state index contributed by atoms with van der Waals surface area (Å²) in [4.78, 5) is 16.1. The van der Waals surface area contributed by atoms with Gasteiger partial charge < -0.3 is 20.7 Å². The number of phenols is 1. The van der Waals surface area contributed by atoms with Crippen LogP contribution in [-0.4, -0.2) is 25.8 Å². The molecule has 0 aliphatic carbocycles. The van der Waals surface area contributed by atoms with Crippen LogP contribution in [0.1, 0.15) is 38.8 Å². The van der Waals surface area contributed by atoms with Crippen LogP contribution in [0, 0.1) is 0 Å². The van der Waals surface area contributed by atoms with E-state index >= 15 is 0 Å². The molecule has 1 atom stereocenters. The molecule has 2 aromatic heterocycles. The number of phenolic OH excluding ortho intramolecular Hbond substituents is 1. The molecule has 0 radical (unpaired) electrons. The Kier molecular flexibility index (Phi) is 4.45. The number of carbonyl (C=O) groups excluding carboxylic acids is 1. The Morgan fingerprint density at radius 3 is 2.88 bits per heavy atom. The first-order chi connectivity index (χ1) is 16.1. The second-order valence-electron chi connectivity index (χ2n) is 8.51. The van der Waals surface area contributed by atoms with Crippen molar-refractivity contribution in [3.63, 3.8) is 0 Å². The number of aromatic amines is 1. The predicted molar refractivity (Wildman–Crippen MR) is 127 cm³/mol. The van der Waals surface area contributed by atoms with E-state index < -0.39 is 0 Å². The maximum Gasteiger partial charge on any atom is 0.252 e. The fourth-order valence-corrected chi connectivity index (χ4v) is 4.83. The second kappa shape index (κ2) is 7.50. The van der Waals surface area contributed by atoms with Gasteiger partial charge in [-0.1, -0.05) is 30.3 Å². The Balaban J connectivity index is 1.33. The van der Waals surface area contributed by atoms with Gasteiger partial charge in [0.25, 0.3) is 5.91 Å². The van der Waals surface area contributed by atoms with Gasteiger partial charge in [-0.05, 0) is 41.5 Å². The number of nitrogens with zero attached hydrogens (tertiary/aromatic N) is 2. The second-order valence-corrected chi connectivity index (χ2v) is 8.51. The number of rotatable bonds is 5. The molecular formula is C26H23N5O2. The van der Waals surface area contributed by atoms with Gasteiger partial charge >= 0.3 is 0 Å². The number of aryl methyl sites for hydroxylation is 1. The highest BCUT2D eigenvalue weighted by molar-refractivity contribution is 6.01. The lowest BCUT2D eigenvalue weighted by Gasteiger charge is -2.15. The summed E-state index contributed by atoms with van der Waals surface area (Å²) in [6.07, 6.45) is 1.87. The van der Waals surface area contributed by atoms with Crippen molar-refractivity contribution >= 4 is 27.7 Å². The van der Waals surface area contributed by atoms with Crippen molar-refractivity contribution in [2.45, 2.75) is 19.1 Å². The molecule has 0 fully saturated rings. The number of H-pyrrole nitrogens is 1. The maximum atomic E-state index is 12.6. The van der Waals surface area contributed by atoms with Gasteiger partial charge in [-0.25, -0.2) is 0 Å². The van der Waals surface area contributed by atoms with E-state index in [0.29, 0.717) is 18.7 Å². The highest BCUT2D eigenvalue weighted by Gasteiger charge is 2.33. The van der Waals surface area contributed by atoms with E-state index in [1.165, 1.54) is 5.56 Å². The highest BCUT2D eigenvalue weighted by atomic mass is 16.3. The average molecular weight is 438 g/mol. The van der Waals surface area contributed by atoms with Crippen LogP contribution in [0.4, 0.5) is 0 Å². The number of hydrogen-bond acceptors (Lipinski definition) is 4. The molecular weight excluding hydrogens is 414 g/mol. The van der Waals surface area contributed by atoms with Gasteiger partial charge in [0, 0.05) is 53.2 Å². The van der Waals surface area contributed by atoms with Crippen LogP contribution in [0.25, 0.3) is 21.8 Å². The third-order valence-electron chi connectivity index (χ3n) is 6.43. The van der Waals surface area contributed by atoms with Gasteiger partial charge in [0.1, 0.15) is 5.75 Å². The van der Waals surface area contributed by atoms with E-state index in [0.717, 1.165) is 38.6 Å². The number of para-hydroxylation sites is 1. The molecule has 33 heavy (non-hydrogen) atoms. The maximum absolute atomic E-state index is 12.6. The number of fused-ring (bicyclic) bond motifs is 3. The van der Waals surface area contributed by atoms with E-state index in [9.17, 15) is 9.90 Å². The van der Waals surface area contributed by atoms with E-state index in [4.69, 9.17) is 0 Å². The predicted octanol–water partition coefficient (Wildman–Crippen LogP) is 3.88. The van der Waals surface area contributed by atoms with Gasteiger partial charge in [-0.3, -0.25) is 9.48 Å². The SMILES string of the molecule is Cn1ncc2ccc(CNCc3[nH]c4ccccc4c3C3NC(=O)c4ccc(O)cc43)cc21. The minimum absolute atomic E-state index is 0.122. The first-order valence-corrected chi connectivity index (χ1v) is 10.9. The van der Waals surface area contributed by atoms with Crippen molar-refractivity contribution in [2.75, 3.05) is 0 Å². The van der Waals surface area contributed by atoms with Crippen molar-refractivity contribution < 1.29 is 9.90 Å². The molecule has 164 valence electrons. The van der Waals surface area contributed by atoms with Gasteiger partial charge in [0.15, 0.2) is 0 Å². The van der Waals surface area contributed by atoms with Crippen molar-refractivity contribution in [1.29, 1.82) is 0 Å². The van der Waals surface area contributed by atoms with Crippen molar-refractivity contribution in [3.05, 3.63) is 94.8 Å². The molecule has 0 bridgehead atoms. The average Bonchev–Trinajstić information content (AvgIpc) is 3.47. The summed E-state index contributed by atoms with van der Waals surface area (Å²) in [5.41, 5.74) is 6.73. The molecule has 1 aliphatic rings. The normalized spacial score (nSPS) is 15.3. The number of aromatic nitrogens is 3. The molecule has 7 nitrogen and oxygen atoms in total. The lowest BCUT2D eigenvalue weighted by atomic mass is 9.95. The molecule has 3 heterocycles. The van der Waals surface area contributed by atoms with Gasteiger partial charge in [-0.15, -0.1) is 0 Å². The number of carbonyl (C=O) groups is 1. The van der Waals surface area contributed by atoms with E-state index in [-0.39, 0.29) is 17.7 Å². The lowest BCUT2D eigenvalue weighted by Crippen LogP contribution is -2.22. The summed E-state index contributed by atoms with van der Waals surface area (Å²) in [5, 5.41) is 23.2. The Bertz CT molecular complexity index is 1530. The summed E-state index contributed by atoms with van der Waals surface area (Å²) >= 11 is 0. The van der Waals surface area contributed by atoms with Gasteiger partial charge in [0.2, 0.25) is 0 Å². The Hall–Kier alpha value is -4.10. The molecule has 1 aliphatic heterocycles. The molecule has 0 spiro atoms. The molecule has 1 amide bonds. The van der Waals surface area contributed by atoms with Crippen LogP contribution < -0.4 is 10.6 Å². The fourth-order valence-electron chi connectivity index (χ4n) is 4.83. The van der Waals surface area contributed by atoms with E-state index in [1.54, 1.807) is 18.2 Å². The van der Waals surface area contributed by atoms with Crippen molar-refractivity contribution in [3.8, 4) is 5.75 Å². The van der Waals surface area contributed by atoms with E-state index in [2.05, 4.69) is 45.0 Å². The minimum atomic E-state index is -0.321. The number of benzene rings is 3. The van der Waals surface area contributed by atoms with Crippen LogP contribution >= 0.6 is 0 Å². The van der Waals surface area contributed by atoms with Crippen LogP contribution in [0.3, 0.4) is 0 Å². The topological polar surface area (TPSA) is 95.0 Å². The number of aromatic hydroxyl groups is 1. The van der Waals surface area contributed by atoms with Crippen LogP contribution in [0.15, 0.2) is 66.9 Å². The van der Waals surface area contributed by atoms with Crippen LogP contribution in [0.2, 0.25) is 0 Å².